The molecule has 2 aromatic rings. The molecular weight excluding hydrogens is 478 g/mol. The van der Waals surface area contributed by atoms with Crippen molar-refractivity contribution in [1.29, 1.82) is 0 Å². The van der Waals surface area contributed by atoms with Crippen molar-refractivity contribution >= 4 is 46.0 Å². The van der Waals surface area contributed by atoms with Gasteiger partial charge in [-0.05, 0) is 37.0 Å². The average molecular weight is 506 g/mol. The molecule has 0 bridgehead atoms. The quantitative estimate of drug-likeness (QED) is 0.432. The number of carbonyl (C=O) groups excluding carboxylic acids is 2. The summed E-state index contributed by atoms with van der Waals surface area (Å²) in [4.78, 5) is 47.4. The summed E-state index contributed by atoms with van der Waals surface area (Å²) >= 11 is 1.38. The average Bonchev–Trinajstić information content (AvgIpc) is 3.23. The number of fused-ring (bicyclic) bond motifs is 3. The standard InChI is InChI=1S/C26H27N5O4S/c32-23(27-18-6-2-1-3-7-18)15-14-22-25(33)30-24(28-22)20-8-4-5-9-21(20)29-26(30)36-16-17-10-12-19(13-11-17)31(34)35/h4-5,8-13,18,22H,1-3,6-7,14-16H2,(H,27,32). The van der Waals surface area contributed by atoms with Crippen LogP contribution in [0, 0.1) is 10.1 Å². The Morgan fingerprint density at radius 2 is 1.86 bits per heavy atom. The zero-order valence-corrected chi connectivity index (χ0v) is 20.6. The lowest BCUT2D eigenvalue weighted by Gasteiger charge is -2.25. The van der Waals surface area contributed by atoms with E-state index in [2.05, 4.69) is 5.32 Å². The largest absolute Gasteiger partial charge is 0.353 e. The van der Waals surface area contributed by atoms with Crippen LogP contribution in [0.1, 0.15) is 56.1 Å². The minimum atomic E-state index is -0.631. The molecule has 1 atom stereocenters. The number of hydrogen-bond donors (Lipinski definition) is 1. The lowest BCUT2D eigenvalue weighted by molar-refractivity contribution is -0.384. The molecule has 5 rings (SSSR count). The SMILES string of the molecule is O=C(CCC1N=C2c3ccccc3N=C(SCc3ccc([N+](=O)[O-])cc3)N2C1=O)NC1CCCCC1. The summed E-state index contributed by atoms with van der Waals surface area (Å²) in [7, 11) is 0. The summed E-state index contributed by atoms with van der Waals surface area (Å²) in [6.45, 7) is 0. The number of amides is 2. The van der Waals surface area contributed by atoms with Gasteiger partial charge >= 0.3 is 0 Å². The Kier molecular flexibility index (Phi) is 7.13. The number of nitrogens with one attached hydrogen (secondary N) is 1. The maximum Gasteiger partial charge on any atom is 0.269 e. The van der Waals surface area contributed by atoms with Crippen molar-refractivity contribution in [3.63, 3.8) is 0 Å². The highest BCUT2D eigenvalue weighted by molar-refractivity contribution is 8.13. The van der Waals surface area contributed by atoms with Crippen LogP contribution in [-0.2, 0) is 15.3 Å². The molecule has 2 heterocycles. The number of aliphatic imine (C=N–C) groups is 2. The zero-order chi connectivity index (χ0) is 25.1. The maximum atomic E-state index is 13.4. The summed E-state index contributed by atoms with van der Waals surface area (Å²) in [6, 6.07) is 13.5. The Balaban J connectivity index is 1.28. The van der Waals surface area contributed by atoms with Gasteiger partial charge in [-0.1, -0.05) is 55.3 Å². The molecule has 0 spiro atoms. The van der Waals surface area contributed by atoms with Crippen LogP contribution in [-0.4, -0.2) is 44.7 Å². The van der Waals surface area contributed by atoms with Crippen molar-refractivity contribution in [2.24, 2.45) is 9.98 Å². The molecule has 0 radical (unpaired) electrons. The van der Waals surface area contributed by atoms with Crippen LogP contribution >= 0.6 is 11.8 Å². The molecule has 1 N–H and O–H groups in total. The van der Waals surface area contributed by atoms with Gasteiger partial charge in [0, 0.05) is 35.9 Å². The van der Waals surface area contributed by atoms with E-state index in [1.807, 2.05) is 24.3 Å². The summed E-state index contributed by atoms with van der Waals surface area (Å²) in [5.74, 6) is 0.848. The number of nitro benzene ring substituents is 1. The van der Waals surface area contributed by atoms with Gasteiger partial charge in [0.15, 0.2) is 5.17 Å². The highest BCUT2D eigenvalue weighted by atomic mass is 32.2. The first-order valence-corrected chi connectivity index (χ1v) is 13.2. The van der Waals surface area contributed by atoms with Crippen LogP contribution in [0.25, 0.3) is 0 Å². The third-order valence-corrected chi connectivity index (χ3v) is 7.69. The smallest absolute Gasteiger partial charge is 0.269 e. The number of para-hydroxylation sites is 1. The van der Waals surface area contributed by atoms with E-state index in [-0.39, 0.29) is 30.0 Å². The molecule has 2 aliphatic heterocycles. The normalized spacial score (nSPS) is 19.3. The Labute approximate surface area is 213 Å². The monoisotopic (exact) mass is 505 g/mol. The molecule has 1 saturated carbocycles. The molecule has 36 heavy (non-hydrogen) atoms. The third-order valence-electron chi connectivity index (χ3n) is 6.68. The molecule has 186 valence electrons. The molecule has 2 amide bonds. The summed E-state index contributed by atoms with van der Waals surface area (Å²) < 4.78 is 0. The predicted octanol–water partition coefficient (Wildman–Crippen LogP) is 4.72. The van der Waals surface area contributed by atoms with E-state index in [1.54, 1.807) is 17.0 Å². The highest BCUT2D eigenvalue weighted by Crippen LogP contribution is 2.35. The Morgan fingerprint density at radius 1 is 1.11 bits per heavy atom. The Bertz CT molecular complexity index is 1240. The molecule has 0 saturated heterocycles. The van der Waals surface area contributed by atoms with Gasteiger partial charge < -0.3 is 5.32 Å². The topological polar surface area (TPSA) is 117 Å². The van der Waals surface area contributed by atoms with Gasteiger partial charge in [0.2, 0.25) is 5.91 Å². The second-order valence-corrected chi connectivity index (χ2v) is 10.1. The summed E-state index contributed by atoms with van der Waals surface area (Å²) in [5.41, 5.74) is 2.45. The molecule has 1 unspecified atom stereocenters. The van der Waals surface area contributed by atoms with Crippen molar-refractivity contribution in [2.75, 3.05) is 0 Å². The highest BCUT2D eigenvalue weighted by Gasteiger charge is 2.41. The van der Waals surface area contributed by atoms with Gasteiger partial charge in [0.05, 0.1) is 10.6 Å². The molecule has 3 aliphatic rings. The molecule has 1 aliphatic carbocycles. The Hall–Kier alpha value is -3.53. The van der Waals surface area contributed by atoms with E-state index in [9.17, 15) is 19.7 Å². The summed E-state index contributed by atoms with van der Waals surface area (Å²) in [6.07, 6.45) is 6.16. The number of thioether (sulfide) groups is 1. The Morgan fingerprint density at radius 3 is 2.61 bits per heavy atom. The number of nitrogens with zero attached hydrogens (tertiary/aromatic N) is 4. The molecule has 2 aromatic carbocycles. The zero-order valence-electron chi connectivity index (χ0n) is 19.8. The van der Waals surface area contributed by atoms with Gasteiger partial charge in [-0.3, -0.25) is 24.7 Å². The lowest BCUT2D eigenvalue weighted by Crippen LogP contribution is -2.41. The van der Waals surface area contributed by atoms with Crippen LogP contribution in [0.5, 0.6) is 0 Å². The molecule has 0 aromatic heterocycles. The third kappa shape index (κ3) is 5.18. The van der Waals surface area contributed by atoms with Gasteiger partial charge in [-0.2, -0.15) is 0 Å². The fraction of sp³-hybridized carbons (Fsp3) is 0.385. The van der Waals surface area contributed by atoms with Gasteiger partial charge in [0.1, 0.15) is 11.9 Å². The van der Waals surface area contributed by atoms with Crippen molar-refractivity contribution in [3.8, 4) is 0 Å². The first-order valence-electron chi connectivity index (χ1n) is 12.2. The van der Waals surface area contributed by atoms with Crippen LogP contribution in [0.2, 0.25) is 0 Å². The molecule has 1 fully saturated rings. The number of benzene rings is 2. The van der Waals surface area contributed by atoms with Gasteiger partial charge in [0.25, 0.3) is 11.6 Å². The van der Waals surface area contributed by atoms with E-state index in [0.29, 0.717) is 23.2 Å². The van der Waals surface area contributed by atoms with Gasteiger partial charge in [-0.25, -0.2) is 9.89 Å². The van der Waals surface area contributed by atoms with E-state index in [4.69, 9.17) is 9.98 Å². The first kappa shape index (κ1) is 24.2. The van der Waals surface area contributed by atoms with Crippen LogP contribution in [0.4, 0.5) is 11.4 Å². The second kappa shape index (κ2) is 10.6. The fourth-order valence-electron chi connectivity index (χ4n) is 4.76. The molecular formula is C26H27N5O4S. The lowest BCUT2D eigenvalue weighted by atomic mass is 9.95. The second-order valence-electron chi connectivity index (χ2n) is 9.21. The number of nitro groups is 1. The number of hydrogen-bond acceptors (Lipinski definition) is 7. The van der Waals surface area contributed by atoms with Crippen LogP contribution in [0.15, 0.2) is 58.5 Å². The minimum absolute atomic E-state index is 0.0263. The number of carbonyl (C=O) groups is 2. The van der Waals surface area contributed by atoms with E-state index < -0.39 is 11.0 Å². The van der Waals surface area contributed by atoms with Crippen molar-refractivity contribution in [1.82, 2.24) is 10.2 Å². The van der Waals surface area contributed by atoms with E-state index in [1.165, 1.54) is 30.3 Å². The number of rotatable bonds is 7. The van der Waals surface area contributed by atoms with E-state index >= 15 is 0 Å². The molecule has 9 nitrogen and oxygen atoms in total. The van der Waals surface area contributed by atoms with E-state index in [0.717, 1.165) is 42.5 Å². The van der Waals surface area contributed by atoms with Crippen molar-refractivity contribution in [3.05, 3.63) is 69.8 Å². The molecule has 10 heteroatoms. The minimum Gasteiger partial charge on any atom is -0.353 e. The number of amidine groups is 2. The van der Waals surface area contributed by atoms with Gasteiger partial charge in [-0.15, -0.1) is 0 Å². The predicted molar refractivity (Wildman–Crippen MR) is 139 cm³/mol. The van der Waals surface area contributed by atoms with Crippen LogP contribution in [0.3, 0.4) is 0 Å². The fourth-order valence-corrected chi connectivity index (χ4v) is 5.72. The number of non-ortho nitro benzene ring substituents is 1. The van der Waals surface area contributed by atoms with Crippen LogP contribution < -0.4 is 5.32 Å². The van der Waals surface area contributed by atoms with Crippen molar-refractivity contribution < 1.29 is 14.5 Å². The van der Waals surface area contributed by atoms with Crippen molar-refractivity contribution in [2.45, 2.75) is 62.8 Å². The summed E-state index contributed by atoms with van der Waals surface area (Å²) in [5, 5.41) is 14.6. The maximum absolute atomic E-state index is 13.4. The first-order chi connectivity index (χ1) is 17.5.